The third-order valence-corrected chi connectivity index (χ3v) is 8.29. The Bertz CT molecular complexity index is 989. The molecule has 156 valence electrons. The molecule has 4 bridgehead atoms. The van der Waals surface area contributed by atoms with E-state index in [1.807, 2.05) is 6.07 Å². The highest BCUT2D eigenvalue weighted by Gasteiger charge is 2.70. The van der Waals surface area contributed by atoms with E-state index < -0.39 is 0 Å². The maximum Gasteiger partial charge on any atom is 0.166 e. The molecule has 2 aliphatic heterocycles. The standard InChI is InChI=1S/C26H29NO3/c1-29-22-9-5-8-20-24(22)30-25-12-10-19(17-28)23-21(11-13-25)27(15-14-26(20,23)25)16-18-6-3-2-4-7-18/h2-9,11,13,19,21,23,28H,10,12,14-17H2,1H3. The van der Waals surface area contributed by atoms with Gasteiger partial charge >= 0.3 is 0 Å². The second-order valence-corrected chi connectivity index (χ2v) is 9.36. The average molecular weight is 404 g/mol. The van der Waals surface area contributed by atoms with Gasteiger partial charge in [0.2, 0.25) is 0 Å². The summed E-state index contributed by atoms with van der Waals surface area (Å²) >= 11 is 0. The Balaban J connectivity index is 1.49. The van der Waals surface area contributed by atoms with Gasteiger partial charge in [-0.05, 0) is 48.8 Å². The van der Waals surface area contributed by atoms with Crippen LogP contribution in [0.25, 0.3) is 0 Å². The maximum atomic E-state index is 10.4. The van der Waals surface area contributed by atoms with Crippen molar-refractivity contribution >= 4 is 0 Å². The number of hydrogen-bond donors (Lipinski definition) is 1. The quantitative estimate of drug-likeness (QED) is 0.786. The number of para-hydroxylation sites is 1. The van der Waals surface area contributed by atoms with E-state index in [0.717, 1.165) is 43.9 Å². The second-order valence-electron chi connectivity index (χ2n) is 9.36. The first-order chi connectivity index (χ1) is 14.7. The summed E-state index contributed by atoms with van der Waals surface area (Å²) in [4.78, 5) is 2.61. The number of benzene rings is 2. The lowest BCUT2D eigenvalue weighted by Crippen LogP contribution is -2.70. The number of fused-ring (bicyclic) bond motifs is 1. The fourth-order valence-electron chi connectivity index (χ4n) is 7.10. The number of hydrogen-bond acceptors (Lipinski definition) is 4. The molecule has 2 aliphatic carbocycles. The van der Waals surface area contributed by atoms with Crippen LogP contribution < -0.4 is 9.47 Å². The predicted molar refractivity (Wildman–Crippen MR) is 116 cm³/mol. The molecule has 2 fully saturated rings. The van der Waals surface area contributed by atoms with Crippen LogP contribution in [0.1, 0.15) is 30.4 Å². The van der Waals surface area contributed by atoms with Crippen molar-refractivity contribution in [3.05, 3.63) is 71.8 Å². The Labute approximate surface area is 178 Å². The highest BCUT2D eigenvalue weighted by molar-refractivity contribution is 5.60. The fourth-order valence-corrected chi connectivity index (χ4v) is 7.10. The number of likely N-dealkylation sites (tertiary alicyclic amines) is 1. The molecule has 5 unspecified atom stereocenters. The second kappa shape index (κ2) is 6.60. The molecule has 4 nitrogen and oxygen atoms in total. The van der Waals surface area contributed by atoms with Crippen molar-refractivity contribution in [3.8, 4) is 11.5 Å². The van der Waals surface area contributed by atoms with Gasteiger partial charge in [-0.3, -0.25) is 4.90 Å². The van der Waals surface area contributed by atoms with E-state index in [9.17, 15) is 5.11 Å². The number of aliphatic hydroxyl groups excluding tert-OH is 1. The number of aliphatic hydroxyl groups is 1. The Morgan fingerprint density at radius 1 is 1.13 bits per heavy atom. The minimum atomic E-state index is -0.310. The highest BCUT2D eigenvalue weighted by atomic mass is 16.5. The molecule has 5 atom stereocenters. The lowest BCUT2D eigenvalue weighted by atomic mass is 9.46. The first-order valence-corrected chi connectivity index (χ1v) is 11.2. The molecule has 2 aromatic carbocycles. The smallest absolute Gasteiger partial charge is 0.166 e. The van der Waals surface area contributed by atoms with E-state index in [4.69, 9.17) is 9.47 Å². The molecule has 2 heterocycles. The summed E-state index contributed by atoms with van der Waals surface area (Å²) in [5.74, 6) is 2.37. The first kappa shape index (κ1) is 18.5. The third kappa shape index (κ3) is 2.24. The molecule has 0 radical (unpaired) electrons. The molecule has 4 heteroatoms. The molecule has 1 N–H and O–H groups in total. The van der Waals surface area contributed by atoms with Crippen LogP contribution in [0, 0.1) is 11.8 Å². The van der Waals surface area contributed by atoms with Crippen LogP contribution in [-0.2, 0) is 12.0 Å². The topological polar surface area (TPSA) is 41.9 Å². The zero-order chi connectivity index (χ0) is 20.3. The van der Waals surface area contributed by atoms with Gasteiger partial charge in [0.05, 0.1) is 7.11 Å². The molecule has 6 rings (SSSR count). The van der Waals surface area contributed by atoms with Crippen LogP contribution in [-0.4, -0.2) is 41.9 Å². The van der Waals surface area contributed by atoms with Crippen molar-refractivity contribution < 1.29 is 14.6 Å². The number of ether oxygens (including phenoxy) is 2. The average Bonchev–Trinajstić information content (AvgIpc) is 3.08. The van der Waals surface area contributed by atoms with E-state index in [1.54, 1.807) is 7.11 Å². The molecule has 1 saturated heterocycles. The first-order valence-electron chi connectivity index (χ1n) is 11.2. The molecule has 2 aromatic rings. The lowest BCUT2D eigenvalue weighted by molar-refractivity contribution is -0.117. The van der Waals surface area contributed by atoms with E-state index in [2.05, 4.69) is 59.5 Å². The third-order valence-electron chi connectivity index (χ3n) is 8.29. The van der Waals surface area contributed by atoms with Crippen LogP contribution in [0.15, 0.2) is 60.7 Å². The van der Waals surface area contributed by atoms with E-state index in [1.165, 1.54) is 11.1 Å². The zero-order valence-corrected chi connectivity index (χ0v) is 17.5. The summed E-state index contributed by atoms with van der Waals surface area (Å²) in [6, 6.07) is 17.4. The SMILES string of the molecule is COc1cccc2c1OC13C=CC4C(C(CO)CC1)C23CCN4Cc1ccccc1. The fraction of sp³-hybridized carbons (Fsp3) is 0.462. The van der Waals surface area contributed by atoms with Gasteiger partial charge in [0, 0.05) is 36.7 Å². The van der Waals surface area contributed by atoms with Crippen LogP contribution in [0.4, 0.5) is 0 Å². The van der Waals surface area contributed by atoms with Crippen molar-refractivity contribution in [2.75, 3.05) is 20.3 Å². The summed E-state index contributed by atoms with van der Waals surface area (Å²) in [6.45, 7) is 2.21. The highest BCUT2D eigenvalue weighted by Crippen LogP contribution is 2.68. The number of nitrogens with zero attached hydrogens (tertiary/aromatic N) is 1. The van der Waals surface area contributed by atoms with Crippen molar-refractivity contribution in [2.45, 2.75) is 42.9 Å². The minimum Gasteiger partial charge on any atom is -0.493 e. The molecular formula is C26H29NO3. The van der Waals surface area contributed by atoms with Crippen LogP contribution in [0.2, 0.25) is 0 Å². The van der Waals surface area contributed by atoms with Gasteiger partial charge in [0.25, 0.3) is 0 Å². The van der Waals surface area contributed by atoms with Gasteiger partial charge in [-0.25, -0.2) is 0 Å². The van der Waals surface area contributed by atoms with Crippen LogP contribution >= 0.6 is 0 Å². The summed E-state index contributed by atoms with van der Waals surface area (Å²) in [6.07, 6.45) is 7.74. The lowest BCUT2D eigenvalue weighted by Gasteiger charge is -2.63. The maximum absolute atomic E-state index is 10.4. The van der Waals surface area contributed by atoms with Gasteiger partial charge in [0.15, 0.2) is 11.5 Å². The Hall–Kier alpha value is -2.30. The summed E-state index contributed by atoms with van der Waals surface area (Å²) in [5.41, 5.74) is 2.24. The van der Waals surface area contributed by atoms with Gasteiger partial charge in [-0.15, -0.1) is 0 Å². The van der Waals surface area contributed by atoms with E-state index >= 15 is 0 Å². The molecule has 0 amide bonds. The molecule has 1 saturated carbocycles. The van der Waals surface area contributed by atoms with Gasteiger partial charge in [-0.1, -0.05) is 48.5 Å². The molecule has 0 aromatic heterocycles. The summed E-state index contributed by atoms with van der Waals surface area (Å²) < 4.78 is 12.5. The van der Waals surface area contributed by atoms with Crippen molar-refractivity contribution in [1.29, 1.82) is 0 Å². The Kier molecular flexibility index (Phi) is 4.06. The minimum absolute atomic E-state index is 0.0882. The number of piperidine rings is 1. The Morgan fingerprint density at radius 2 is 2.00 bits per heavy atom. The zero-order valence-electron chi connectivity index (χ0n) is 17.5. The van der Waals surface area contributed by atoms with Crippen molar-refractivity contribution in [3.63, 3.8) is 0 Å². The Morgan fingerprint density at radius 3 is 2.80 bits per heavy atom. The van der Waals surface area contributed by atoms with Gasteiger partial charge in [-0.2, -0.15) is 0 Å². The monoisotopic (exact) mass is 403 g/mol. The molecular weight excluding hydrogens is 374 g/mol. The summed E-state index contributed by atoms with van der Waals surface area (Å²) in [7, 11) is 1.72. The van der Waals surface area contributed by atoms with Gasteiger partial charge in [0.1, 0.15) is 5.60 Å². The summed E-state index contributed by atoms with van der Waals surface area (Å²) in [5, 5.41) is 10.4. The van der Waals surface area contributed by atoms with Gasteiger partial charge < -0.3 is 14.6 Å². The number of methoxy groups -OCH3 is 1. The van der Waals surface area contributed by atoms with Crippen LogP contribution in [0.3, 0.4) is 0 Å². The van der Waals surface area contributed by atoms with Crippen LogP contribution in [0.5, 0.6) is 11.5 Å². The number of rotatable bonds is 4. The largest absolute Gasteiger partial charge is 0.493 e. The molecule has 1 spiro atoms. The van der Waals surface area contributed by atoms with E-state index in [0.29, 0.717) is 12.0 Å². The normalized spacial score (nSPS) is 36.0. The molecule has 4 aliphatic rings. The van der Waals surface area contributed by atoms with Crippen molar-refractivity contribution in [1.82, 2.24) is 4.90 Å². The van der Waals surface area contributed by atoms with E-state index in [-0.39, 0.29) is 23.5 Å². The van der Waals surface area contributed by atoms with Crippen molar-refractivity contribution in [2.24, 2.45) is 11.8 Å². The predicted octanol–water partition coefficient (Wildman–Crippen LogP) is 3.93. The molecule has 30 heavy (non-hydrogen) atoms.